The van der Waals surface area contributed by atoms with Gasteiger partial charge in [-0.1, -0.05) is 12.1 Å². The maximum Gasteiger partial charge on any atom is 0.408 e. The van der Waals surface area contributed by atoms with Crippen LogP contribution in [0.25, 0.3) is 0 Å². The van der Waals surface area contributed by atoms with Crippen molar-refractivity contribution < 1.29 is 27.9 Å². The van der Waals surface area contributed by atoms with Crippen molar-refractivity contribution in [1.82, 2.24) is 15.1 Å². The van der Waals surface area contributed by atoms with Gasteiger partial charge in [-0.3, -0.25) is 9.48 Å². The molecule has 2 rings (SSSR count). The van der Waals surface area contributed by atoms with Gasteiger partial charge < -0.3 is 10.4 Å². The summed E-state index contributed by atoms with van der Waals surface area (Å²) < 4.78 is 38.8. The minimum absolute atomic E-state index is 0.141. The first-order chi connectivity index (χ1) is 12.5. The fraction of sp³-hybridized carbons (Fsp3) is 0.389. The Morgan fingerprint density at radius 1 is 1.22 bits per heavy atom. The first kappa shape index (κ1) is 20.5. The van der Waals surface area contributed by atoms with Crippen LogP contribution in [0, 0.1) is 13.8 Å². The van der Waals surface area contributed by atoms with Gasteiger partial charge in [0, 0.05) is 17.8 Å². The highest BCUT2D eigenvalue weighted by molar-refractivity contribution is 5.87. The van der Waals surface area contributed by atoms with Crippen molar-refractivity contribution in [3.05, 3.63) is 52.3 Å². The van der Waals surface area contributed by atoms with Gasteiger partial charge >= 0.3 is 12.1 Å². The Kier molecular flexibility index (Phi) is 5.92. The van der Waals surface area contributed by atoms with Crippen LogP contribution in [0.5, 0.6) is 0 Å². The minimum Gasteiger partial charge on any atom is -0.478 e. The molecule has 0 aliphatic heterocycles. The van der Waals surface area contributed by atoms with E-state index in [0.29, 0.717) is 22.5 Å². The summed E-state index contributed by atoms with van der Waals surface area (Å²) in [5.74, 6) is -2.07. The van der Waals surface area contributed by atoms with E-state index in [1.54, 1.807) is 26.0 Å². The normalized spacial score (nSPS) is 12.7. The zero-order valence-electron chi connectivity index (χ0n) is 15.1. The number of rotatable bonds is 6. The SMILES string of the molecule is Cc1nn(CC(F)(F)F)c(C)c1C(C)C(=O)NCc1ccc(C(=O)O)cc1. The summed E-state index contributed by atoms with van der Waals surface area (Å²) in [5, 5.41) is 15.5. The van der Waals surface area contributed by atoms with Gasteiger partial charge in [0.2, 0.25) is 5.91 Å². The Labute approximate surface area is 154 Å². The lowest BCUT2D eigenvalue weighted by molar-refractivity contribution is -0.143. The van der Waals surface area contributed by atoms with Gasteiger partial charge in [-0.15, -0.1) is 0 Å². The highest BCUT2D eigenvalue weighted by Gasteiger charge is 2.31. The molecule has 146 valence electrons. The van der Waals surface area contributed by atoms with Crippen molar-refractivity contribution in [3.8, 4) is 0 Å². The number of aromatic nitrogens is 2. The zero-order valence-corrected chi connectivity index (χ0v) is 15.1. The molecule has 6 nitrogen and oxygen atoms in total. The van der Waals surface area contributed by atoms with Crippen molar-refractivity contribution in [2.75, 3.05) is 0 Å². The Bertz CT molecular complexity index is 842. The van der Waals surface area contributed by atoms with E-state index in [2.05, 4.69) is 10.4 Å². The van der Waals surface area contributed by atoms with Crippen molar-refractivity contribution in [1.29, 1.82) is 0 Å². The van der Waals surface area contributed by atoms with E-state index in [0.717, 1.165) is 4.68 Å². The molecule has 1 heterocycles. The van der Waals surface area contributed by atoms with E-state index >= 15 is 0 Å². The Morgan fingerprint density at radius 2 is 1.81 bits per heavy atom. The summed E-state index contributed by atoms with van der Waals surface area (Å²) in [6.07, 6.45) is -4.39. The smallest absolute Gasteiger partial charge is 0.408 e. The standard InChI is InChI=1S/C18H20F3N3O3/c1-10(15-11(2)23-24(12(15)3)9-18(19,20)21)16(25)22-8-13-4-6-14(7-5-13)17(26)27/h4-7,10H,8-9H2,1-3H3,(H,22,25)(H,26,27). The molecule has 2 aromatic rings. The molecule has 0 aliphatic rings. The van der Waals surface area contributed by atoms with Crippen molar-refractivity contribution in [3.63, 3.8) is 0 Å². The molecule has 2 N–H and O–H groups in total. The predicted octanol–water partition coefficient (Wildman–Crippen LogP) is 3.18. The number of nitrogens with zero attached hydrogens (tertiary/aromatic N) is 2. The highest BCUT2D eigenvalue weighted by atomic mass is 19.4. The van der Waals surface area contributed by atoms with Gasteiger partial charge in [-0.05, 0) is 38.5 Å². The molecule has 1 aromatic carbocycles. The fourth-order valence-electron chi connectivity index (χ4n) is 2.90. The summed E-state index contributed by atoms with van der Waals surface area (Å²) in [6.45, 7) is 3.67. The molecule has 1 aromatic heterocycles. The van der Waals surface area contributed by atoms with Crippen molar-refractivity contribution >= 4 is 11.9 Å². The number of hydrogen-bond donors (Lipinski definition) is 2. The van der Waals surface area contributed by atoms with Crippen LogP contribution < -0.4 is 5.32 Å². The summed E-state index contributed by atoms with van der Waals surface area (Å²) in [7, 11) is 0. The molecule has 0 saturated heterocycles. The second-order valence-corrected chi connectivity index (χ2v) is 6.30. The number of carbonyl (C=O) groups excluding carboxylic acids is 1. The van der Waals surface area contributed by atoms with Crippen molar-refractivity contribution in [2.45, 2.75) is 46.0 Å². The van der Waals surface area contributed by atoms with Gasteiger partial charge in [0.25, 0.3) is 0 Å². The third-order valence-corrected chi connectivity index (χ3v) is 4.26. The second kappa shape index (κ2) is 7.81. The summed E-state index contributed by atoms with van der Waals surface area (Å²) in [5.41, 5.74) is 2.00. The molecule has 0 saturated carbocycles. The van der Waals surface area contributed by atoms with Gasteiger partial charge in [-0.2, -0.15) is 18.3 Å². The maximum atomic E-state index is 12.6. The van der Waals surface area contributed by atoms with Crippen LogP contribution in [0.1, 0.15) is 45.7 Å². The molecule has 0 bridgehead atoms. The van der Waals surface area contributed by atoms with Crippen LogP contribution in [0.2, 0.25) is 0 Å². The number of amides is 1. The Morgan fingerprint density at radius 3 is 2.33 bits per heavy atom. The Hall–Kier alpha value is -2.84. The van der Waals surface area contributed by atoms with Crippen LogP contribution in [0.15, 0.2) is 24.3 Å². The van der Waals surface area contributed by atoms with Crippen LogP contribution in [-0.4, -0.2) is 32.9 Å². The molecular formula is C18H20F3N3O3. The molecule has 1 unspecified atom stereocenters. The third-order valence-electron chi connectivity index (χ3n) is 4.26. The average molecular weight is 383 g/mol. The van der Waals surface area contributed by atoms with Crippen molar-refractivity contribution in [2.24, 2.45) is 0 Å². The lowest BCUT2D eigenvalue weighted by Gasteiger charge is -2.14. The fourth-order valence-corrected chi connectivity index (χ4v) is 2.90. The number of aryl methyl sites for hydroxylation is 1. The number of nitrogens with one attached hydrogen (secondary N) is 1. The number of alkyl halides is 3. The molecule has 9 heteroatoms. The first-order valence-corrected chi connectivity index (χ1v) is 8.20. The maximum absolute atomic E-state index is 12.6. The summed E-state index contributed by atoms with van der Waals surface area (Å²) >= 11 is 0. The third kappa shape index (κ3) is 5.08. The minimum atomic E-state index is -4.39. The van der Waals surface area contributed by atoms with E-state index < -0.39 is 24.6 Å². The molecule has 27 heavy (non-hydrogen) atoms. The molecule has 1 amide bonds. The molecule has 0 spiro atoms. The van der Waals surface area contributed by atoms with Crippen LogP contribution in [0.4, 0.5) is 13.2 Å². The number of aromatic carboxylic acids is 1. The van der Waals surface area contributed by atoms with Gasteiger partial charge in [0.1, 0.15) is 6.54 Å². The van der Waals surface area contributed by atoms with Crippen LogP contribution >= 0.6 is 0 Å². The van der Waals surface area contributed by atoms with Gasteiger partial charge in [0.15, 0.2) is 0 Å². The lowest BCUT2D eigenvalue weighted by atomic mass is 9.98. The molecule has 0 aliphatic carbocycles. The van der Waals surface area contributed by atoms with Crippen LogP contribution in [-0.2, 0) is 17.9 Å². The number of hydrogen-bond acceptors (Lipinski definition) is 3. The molecule has 0 fully saturated rings. The largest absolute Gasteiger partial charge is 0.478 e. The topological polar surface area (TPSA) is 84.2 Å². The molecule has 1 atom stereocenters. The van der Waals surface area contributed by atoms with Gasteiger partial charge in [-0.25, -0.2) is 4.79 Å². The zero-order chi connectivity index (χ0) is 20.4. The number of carboxylic acid groups (broad SMARTS) is 1. The average Bonchev–Trinajstić information content (AvgIpc) is 2.84. The Balaban J connectivity index is 2.07. The van der Waals surface area contributed by atoms with E-state index in [9.17, 15) is 22.8 Å². The van der Waals surface area contributed by atoms with E-state index in [1.165, 1.54) is 19.1 Å². The van der Waals surface area contributed by atoms with Gasteiger partial charge in [0.05, 0.1) is 17.2 Å². The lowest BCUT2D eigenvalue weighted by Crippen LogP contribution is -2.28. The number of carboxylic acids is 1. The van der Waals surface area contributed by atoms with E-state index in [4.69, 9.17) is 5.11 Å². The molecular weight excluding hydrogens is 363 g/mol. The monoisotopic (exact) mass is 383 g/mol. The first-order valence-electron chi connectivity index (χ1n) is 8.20. The predicted molar refractivity (Wildman–Crippen MR) is 91.4 cm³/mol. The quantitative estimate of drug-likeness (QED) is 0.803. The summed E-state index contributed by atoms with van der Waals surface area (Å²) in [6, 6.07) is 6.05. The number of carbonyl (C=O) groups is 2. The molecule has 0 radical (unpaired) electrons. The number of benzene rings is 1. The highest BCUT2D eigenvalue weighted by Crippen LogP contribution is 2.26. The van der Waals surface area contributed by atoms with E-state index in [-0.39, 0.29) is 18.0 Å². The number of halogens is 3. The van der Waals surface area contributed by atoms with E-state index in [1.807, 2.05) is 0 Å². The van der Waals surface area contributed by atoms with Crippen LogP contribution in [0.3, 0.4) is 0 Å². The summed E-state index contributed by atoms with van der Waals surface area (Å²) in [4.78, 5) is 23.3. The second-order valence-electron chi connectivity index (χ2n) is 6.30.